The summed E-state index contributed by atoms with van der Waals surface area (Å²) in [5.41, 5.74) is 5.69. The van der Waals surface area contributed by atoms with E-state index < -0.39 is 5.97 Å². The summed E-state index contributed by atoms with van der Waals surface area (Å²) in [7, 11) is 0. The molecule has 2 N–H and O–H groups in total. The molecular formula is C14H15NO2. The number of carbonyl (C=O) groups is 1. The predicted molar refractivity (Wildman–Crippen MR) is 67.4 cm³/mol. The third kappa shape index (κ3) is 2.09. The highest BCUT2D eigenvalue weighted by Gasteiger charge is 2.11. The summed E-state index contributed by atoms with van der Waals surface area (Å²) >= 11 is 0. The van der Waals surface area contributed by atoms with Crippen LogP contribution in [0.2, 0.25) is 0 Å². The van der Waals surface area contributed by atoms with Gasteiger partial charge in [0.15, 0.2) is 0 Å². The average Bonchev–Trinajstić information content (AvgIpc) is 2.65. The molecule has 0 radical (unpaired) electrons. The predicted octanol–water partition coefficient (Wildman–Crippen LogP) is 3.31. The van der Waals surface area contributed by atoms with E-state index in [2.05, 4.69) is 24.0 Å². The molecule has 2 rings (SSSR count). The monoisotopic (exact) mass is 229 g/mol. The van der Waals surface area contributed by atoms with Crippen LogP contribution >= 0.6 is 0 Å². The highest BCUT2D eigenvalue weighted by molar-refractivity contribution is 5.87. The largest absolute Gasteiger partial charge is 0.477 e. The summed E-state index contributed by atoms with van der Waals surface area (Å²) in [5.74, 6) is -0.932. The summed E-state index contributed by atoms with van der Waals surface area (Å²) in [6, 6.07) is 7.61. The molecule has 0 atom stereocenters. The van der Waals surface area contributed by atoms with E-state index in [1.54, 1.807) is 6.07 Å². The second kappa shape index (κ2) is 4.09. The number of carboxylic acids is 1. The molecule has 0 fully saturated rings. The van der Waals surface area contributed by atoms with E-state index in [0.717, 1.165) is 22.4 Å². The van der Waals surface area contributed by atoms with Gasteiger partial charge in [0.2, 0.25) is 0 Å². The van der Waals surface area contributed by atoms with Crippen molar-refractivity contribution >= 4 is 5.97 Å². The molecule has 0 aliphatic heterocycles. The molecule has 17 heavy (non-hydrogen) atoms. The Morgan fingerprint density at radius 3 is 2.18 bits per heavy atom. The van der Waals surface area contributed by atoms with Crippen LogP contribution in [-0.4, -0.2) is 16.1 Å². The first-order valence-electron chi connectivity index (χ1n) is 5.49. The SMILES string of the molecule is Cc1cc(C)c(-c2ccc(C(=O)O)[nH]2)c(C)c1. The van der Waals surface area contributed by atoms with Crippen LogP contribution in [0.3, 0.4) is 0 Å². The lowest BCUT2D eigenvalue weighted by Gasteiger charge is -2.09. The number of carboxylic acid groups (broad SMARTS) is 1. The van der Waals surface area contributed by atoms with Crippen molar-refractivity contribution < 1.29 is 9.90 Å². The normalized spacial score (nSPS) is 10.5. The van der Waals surface area contributed by atoms with Crippen LogP contribution in [0.15, 0.2) is 24.3 Å². The quantitative estimate of drug-likeness (QED) is 0.830. The van der Waals surface area contributed by atoms with Crippen LogP contribution in [0, 0.1) is 20.8 Å². The summed E-state index contributed by atoms with van der Waals surface area (Å²) < 4.78 is 0. The van der Waals surface area contributed by atoms with Gasteiger partial charge in [0.25, 0.3) is 0 Å². The number of H-pyrrole nitrogens is 1. The number of hydrogen-bond donors (Lipinski definition) is 2. The van der Waals surface area contributed by atoms with Gasteiger partial charge in [0, 0.05) is 11.3 Å². The van der Waals surface area contributed by atoms with Gasteiger partial charge in [0.05, 0.1) is 0 Å². The van der Waals surface area contributed by atoms with Crippen molar-refractivity contribution in [3.8, 4) is 11.3 Å². The molecule has 3 heteroatoms. The summed E-state index contributed by atoms with van der Waals surface area (Å²) in [5, 5.41) is 8.90. The number of rotatable bonds is 2. The molecule has 3 nitrogen and oxygen atoms in total. The maximum atomic E-state index is 10.8. The Kier molecular flexibility index (Phi) is 2.76. The number of benzene rings is 1. The van der Waals surface area contributed by atoms with E-state index in [-0.39, 0.29) is 5.69 Å². The number of aromatic nitrogens is 1. The van der Waals surface area contributed by atoms with Gasteiger partial charge in [-0.25, -0.2) is 4.79 Å². The van der Waals surface area contributed by atoms with E-state index in [1.165, 1.54) is 5.56 Å². The number of hydrogen-bond acceptors (Lipinski definition) is 1. The number of aromatic carboxylic acids is 1. The number of aromatic amines is 1. The molecule has 0 bridgehead atoms. The van der Waals surface area contributed by atoms with Crippen LogP contribution < -0.4 is 0 Å². The zero-order valence-corrected chi connectivity index (χ0v) is 10.2. The minimum atomic E-state index is -0.932. The standard InChI is InChI=1S/C14H15NO2/c1-8-6-9(2)13(10(3)7-8)11-4-5-12(15-11)14(16)17/h4-7,15H,1-3H3,(H,16,17). The van der Waals surface area contributed by atoms with Crippen LogP contribution in [0.25, 0.3) is 11.3 Å². The zero-order valence-electron chi connectivity index (χ0n) is 10.2. The van der Waals surface area contributed by atoms with E-state index in [4.69, 9.17) is 5.11 Å². The molecule has 0 saturated carbocycles. The molecule has 0 spiro atoms. The first-order valence-corrected chi connectivity index (χ1v) is 5.49. The lowest BCUT2D eigenvalue weighted by molar-refractivity contribution is 0.0691. The highest BCUT2D eigenvalue weighted by Crippen LogP contribution is 2.27. The number of aryl methyl sites for hydroxylation is 3. The molecule has 1 aromatic heterocycles. The highest BCUT2D eigenvalue weighted by atomic mass is 16.4. The Bertz CT molecular complexity index is 559. The van der Waals surface area contributed by atoms with Crippen molar-refractivity contribution in [2.24, 2.45) is 0 Å². The van der Waals surface area contributed by atoms with Gasteiger partial charge in [-0.1, -0.05) is 17.7 Å². The average molecular weight is 229 g/mol. The van der Waals surface area contributed by atoms with Gasteiger partial charge >= 0.3 is 5.97 Å². The Labute approximate surface area is 100 Å². The van der Waals surface area contributed by atoms with E-state index in [0.29, 0.717) is 0 Å². The molecule has 88 valence electrons. The van der Waals surface area contributed by atoms with E-state index in [1.807, 2.05) is 19.9 Å². The second-order valence-corrected chi connectivity index (χ2v) is 4.36. The first kappa shape index (κ1) is 11.5. The van der Waals surface area contributed by atoms with E-state index >= 15 is 0 Å². The van der Waals surface area contributed by atoms with Gasteiger partial charge < -0.3 is 10.1 Å². The molecule has 2 aromatic rings. The molecule has 1 heterocycles. The fourth-order valence-electron chi connectivity index (χ4n) is 2.27. The molecule has 0 saturated heterocycles. The fraction of sp³-hybridized carbons (Fsp3) is 0.214. The topological polar surface area (TPSA) is 53.1 Å². The van der Waals surface area contributed by atoms with Crippen LogP contribution in [0.5, 0.6) is 0 Å². The molecule has 0 amide bonds. The van der Waals surface area contributed by atoms with Crippen LogP contribution in [-0.2, 0) is 0 Å². The first-order chi connectivity index (χ1) is 7.99. The van der Waals surface area contributed by atoms with Gasteiger partial charge in [-0.3, -0.25) is 0 Å². The summed E-state index contributed by atoms with van der Waals surface area (Å²) in [4.78, 5) is 13.8. The van der Waals surface area contributed by atoms with Gasteiger partial charge in [-0.2, -0.15) is 0 Å². The molecule has 0 aliphatic carbocycles. The zero-order chi connectivity index (χ0) is 12.6. The van der Waals surface area contributed by atoms with Crippen molar-refractivity contribution in [1.29, 1.82) is 0 Å². The minimum Gasteiger partial charge on any atom is -0.477 e. The molecule has 0 unspecified atom stereocenters. The number of nitrogens with one attached hydrogen (secondary N) is 1. The Hall–Kier alpha value is -2.03. The van der Waals surface area contributed by atoms with Crippen molar-refractivity contribution in [3.63, 3.8) is 0 Å². The third-order valence-corrected chi connectivity index (χ3v) is 2.86. The molecule has 0 aliphatic rings. The summed E-state index contributed by atoms with van der Waals surface area (Å²) in [6.07, 6.45) is 0. The van der Waals surface area contributed by atoms with E-state index in [9.17, 15) is 4.79 Å². The Morgan fingerprint density at radius 2 is 1.71 bits per heavy atom. The van der Waals surface area contributed by atoms with Crippen LogP contribution in [0.1, 0.15) is 27.2 Å². The van der Waals surface area contributed by atoms with Crippen molar-refractivity contribution in [2.75, 3.05) is 0 Å². The summed E-state index contributed by atoms with van der Waals surface area (Å²) in [6.45, 7) is 6.13. The van der Waals surface area contributed by atoms with Crippen molar-refractivity contribution in [2.45, 2.75) is 20.8 Å². The Morgan fingerprint density at radius 1 is 1.12 bits per heavy atom. The maximum Gasteiger partial charge on any atom is 0.352 e. The smallest absolute Gasteiger partial charge is 0.352 e. The van der Waals surface area contributed by atoms with Gasteiger partial charge in [-0.15, -0.1) is 0 Å². The molecule has 1 aromatic carbocycles. The van der Waals surface area contributed by atoms with Crippen LogP contribution in [0.4, 0.5) is 0 Å². The van der Waals surface area contributed by atoms with Gasteiger partial charge in [-0.05, 0) is 44.0 Å². The maximum absolute atomic E-state index is 10.8. The van der Waals surface area contributed by atoms with Crippen molar-refractivity contribution in [1.82, 2.24) is 4.98 Å². The minimum absolute atomic E-state index is 0.222. The lowest BCUT2D eigenvalue weighted by atomic mass is 9.98. The Balaban J connectivity index is 2.56. The second-order valence-electron chi connectivity index (χ2n) is 4.36. The lowest BCUT2D eigenvalue weighted by Crippen LogP contribution is -1.96. The molecular weight excluding hydrogens is 214 g/mol. The van der Waals surface area contributed by atoms with Gasteiger partial charge in [0.1, 0.15) is 5.69 Å². The fourth-order valence-corrected chi connectivity index (χ4v) is 2.27. The van der Waals surface area contributed by atoms with Crippen molar-refractivity contribution in [3.05, 3.63) is 46.6 Å². The third-order valence-electron chi connectivity index (χ3n) is 2.86.